The Morgan fingerprint density at radius 1 is 1.21 bits per heavy atom. The summed E-state index contributed by atoms with van der Waals surface area (Å²) < 4.78 is 0. The molecule has 1 amide bonds. The molecular weight excluding hydrogens is 238 g/mol. The summed E-state index contributed by atoms with van der Waals surface area (Å²) in [6, 6.07) is 8.51. The Balaban J connectivity index is 1.84. The molecule has 2 rings (SSSR count). The van der Waals surface area contributed by atoms with E-state index in [4.69, 9.17) is 0 Å². The molecule has 0 atom stereocenters. The number of hydrogen-bond donors (Lipinski definition) is 1. The van der Waals surface area contributed by atoms with Gasteiger partial charge in [0.1, 0.15) is 0 Å². The molecule has 1 N–H and O–H groups in total. The van der Waals surface area contributed by atoms with Gasteiger partial charge < -0.3 is 10.2 Å². The molecule has 1 aromatic carbocycles. The molecule has 0 aromatic heterocycles. The highest BCUT2D eigenvalue weighted by molar-refractivity contribution is 5.78. The van der Waals surface area contributed by atoms with E-state index in [1.165, 1.54) is 11.1 Å². The standard InChI is InChI=1S/C15H23N3O/c1-13-5-3-4-6-14(13)12-17-7-9-18(10-8-17)15(19)11-16-2/h3-6,16H,7-12H2,1-2H3. The van der Waals surface area contributed by atoms with Gasteiger partial charge in [-0.15, -0.1) is 0 Å². The SMILES string of the molecule is CNCC(=O)N1CCN(Cc2ccccc2C)CC1. The summed E-state index contributed by atoms with van der Waals surface area (Å²) in [5.41, 5.74) is 2.73. The van der Waals surface area contributed by atoms with E-state index in [0.717, 1.165) is 32.7 Å². The number of nitrogens with one attached hydrogen (secondary N) is 1. The molecule has 1 fully saturated rings. The average molecular weight is 261 g/mol. The molecule has 0 bridgehead atoms. The fraction of sp³-hybridized carbons (Fsp3) is 0.533. The predicted octanol–water partition coefficient (Wildman–Crippen LogP) is 0.859. The first-order valence-electron chi connectivity index (χ1n) is 6.90. The molecule has 0 aliphatic carbocycles. The third kappa shape index (κ3) is 3.78. The molecule has 1 heterocycles. The maximum Gasteiger partial charge on any atom is 0.236 e. The fourth-order valence-electron chi connectivity index (χ4n) is 2.45. The van der Waals surface area contributed by atoms with Gasteiger partial charge in [0.15, 0.2) is 0 Å². The maximum atomic E-state index is 11.8. The van der Waals surface area contributed by atoms with Crippen LogP contribution in [0.4, 0.5) is 0 Å². The van der Waals surface area contributed by atoms with Crippen molar-refractivity contribution < 1.29 is 4.79 Å². The van der Waals surface area contributed by atoms with Crippen LogP contribution >= 0.6 is 0 Å². The molecule has 0 saturated carbocycles. The Bertz CT molecular complexity index is 425. The summed E-state index contributed by atoms with van der Waals surface area (Å²) in [6.45, 7) is 7.19. The van der Waals surface area contributed by atoms with Crippen molar-refractivity contribution in [3.63, 3.8) is 0 Å². The van der Waals surface area contributed by atoms with Gasteiger partial charge >= 0.3 is 0 Å². The molecule has 0 unspecified atom stereocenters. The van der Waals surface area contributed by atoms with Crippen molar-refractivity contribution in [2.75, 3.05) is 39.8 Å². The monoisotopic (exact) mass is 261 g/mol. The number of rotatable bonds is 4. The van der Waals surface area contributed by atoms with E-state index in [2.05, 4.69) is 41.4 Å². The summed E-state index contributed by atoms with van der Waals surface area (Å²) >= 11 is 0. The lowest BCUT2D eigenvalue weighted by Gasteiger charge is -2.35. The second kappa shape index (κ2) is 6.68. The first-order valence-corrected chi connectivity index (χ1v) is 6.90. The molecule has 104 valence electrons. The van der Waals surface area contributed by atoms with Crippen molar-refractivity contribution in [3.8, 4) is 0 Å². The van der Waals surface area contributed by atoms with E-state index in [1.807, 2.05) is 11.9 Å². The van der Waals surface area contributed by atoms with Gasteiger partial charge in [-0.25, -0.2) is 0 Å². The van der Waals surface area contributed by atoms with Gasteiger partial charge in [0.25, 0.3) is 0 Å². The number of piperazine rings is 1. The Morgan fingerprint density at radius 2 is 1.89 bits per heavy atom. The van der Waals surface area contributed by atoms with Crippen LogP contribution in [0.1, 0.15) is 11.1 Å². The Kier molecular flexibility index (Phi) is 4.93. The molecule has 0 radical (unpaired) electrons. The van der Waals surface area contributed by atoms with E-state index >= 15 is 0 Å². The molecule has 4 heteroatoms. The maximum absolute atomic E-state index is 11.8. The van der Waals surface area contributed by atoms with Crippen molar-refractivity contribution >= 4 is 5.91 Å². The van der Waals surface area contributed by atoms with Crippen LogP contribution in [0.3, 0.4) is 0 Å². The van der Waals surface area contributed by atoms with Crippen molar-refractivity contribution in [1.82, 2.24) is 15.1 Å². The summed E-state index contributed by atoms with van der Waals surface area (Å²) in [7, 11) is 1.81. The fourth-order valence-corrected chi connectivity index (χ4v) is 2.45. The van der Waals surface area contributed by atoms with Gasteiger partial charge in [-0.1, -0.05) is 24.3 Å². The van der Waals surface area contributed by atoms with E-state index in [0.29, 0.717) is 6.54 Å². The smallest absolute Gasteiger partial charge is 0.236 e. The number of carbonyl (C=O) groups is 1. The minimum atomic E-state index is 0.207. The second-order valence-corrected chi connectivity index (χ2v) is 5.11. The van der Waals surface area contributed by atoms with Gasteiger partial charge in [0.05, 0.1) is 6.54 Å². The van der Waals surface area contributed by atoms with Crippen molar-refractivity contribution in [2.45, 2.75) is 13.5 Å². The third-order valence-electron chi connectivity index (χ3n) is 3.71. The highest BCUT2D eigenvalue weighted by atomic mass is 16.2. The quantitative estimate of drug-likeness (QED) is 0.873. The lowest BCUT2D eigenvalue weighted by atomic mass is 10.1. The predicted molar refractivity (Wildman–Crippen MR) is 77.0 cm³/mol. The van der Waals surface area contributed by atoms with Crippen LogP contribution < -0.4 is 5.32 Å². The van der Waals surface area contributed by atoms with Crippen LogP contribution in [0.25, 0.3) is 0 Å². The van der Waals surface area contributed by atoms with Crippen LogP contribution in [0.15, 0.2) is 24.3 Å². The number of carbonyl (C=O) groups excluding carboxylic acids is 1. The molecule has 1 saturated heterocycles. The summed E-state index contributed by atoms with van der Waals surface area (Å²) in [5, 5.41) is 2.92. The number of likely N-dealkylation sites (N-methyl/N-ethyl adjacent to an activating group) is 1. The number of aryl methyl sites for hydroxylation is 1. The van der Waals surface area contributed by atoms with Crippen molar-refractivity contribution in [1.29, 1.82) is 0 Å². The van der Waals surface area contributed by atoms with Crippen molar-refractivity contribution in [3.05, 3.63) is 35.4 Å². The molecular formula is C15H23N3O. The van der Waals surface area contributed by atoms with Crippen LogP contribution in [-0.4, -0.2) is 55.5 Å². The number of benzene rings is 1. The lowest BCUT2D eigenvalue weighted by molar-refractivity contribution is -0.131. The van der Waals surface area contributed by atoms with Crippen LogP contribution in [0.2, 0.25) is 0 Å². The number of hydrogen-bond acceptors (Lipinski definition) is 3. The van der Waals surface area contributed by atoms with Gasteiger partial charge in [-0.05, 0) is 25.1 Å². The Morgan fingerprint density at radius 3 is 2.53 bits per heavy atom. The highest BCUT2D eigenvalue weighted by Gasteiger charge is 2.20. The van der Waals surface area contributed by atoms with Gasteiger partial charge in [-0.3, -0.25) is 9.69 Å². The highest BCUT2D eigenvalue weighted by Crippen LogP contribution is 2.12. The minimum absolute atomic E-state index is 0.207. The first kappa shape index (κ1) is 14.0. The zero-order valence-corrected chi connectivity index (χ0v) is 11.9. The zero-order valence-electron chi connectivity index (χ0n) is 11.9. The van der Waals surface area contributed by atoms with Crippen molar-refractivity contribution in [2.24, 2.45) is 0 Å². The van der Waals surface area contributed by atoms with Gasteiger partial charge in [0.2, 0.25) is 5.91 Å². The molecule has 1 aliphatic rings. The third-order valence-corrected chi connectivity index (χ3v) is 3.71. The van der Waals surface area contributed by atoms with E-state index in [9.17, 15) is 4.79 Å². The Labute approximate surface area is 115 Å². The second-order valence-electron chi connectivity index (χ2n) is 5.11. The molecule has 0 spiro atoms. The van der Waals surface area contributed by atoms with Crippen LogP contribution in [0.5, 0.6) is 0 Å². The zero-order chi connectivity index (χ0) is 13.7. The summed E-state index contributed by atoms with van der Waals surface area (Å²) in [4.78, 5) is 16.1. The lowest BCUT2D eigenvalue weighted by Crippen LogP contribution is -2.50. The molecule has 1 aliphatic heterocycles. The first-order chi connectivity index (χ1) is 9.20. The summed E-state index contributed by atoms with van der Waals surface area (Å²) in [5.74, 6) is 0.207. The molecule has 1 aromatic rings. The average Bonchev–Trinajstić information content (AvgIpc) is 2.42. The van der Waals surface area contributed by atoms with E-state index in [-0.39, 0.29) is 5.91 Å². The van der Waals surface area contributed by atoms with Gasteiger partial charge in [0, 0.05) is 32.7 Å². The van der Waals surface area contributed by atoms with E-state index < -0.39 is 0 Å². The largest absolute Gasteiger partial charge is 0.339 e. The molecule has 19 heavy (non-hydrogen) atoms. The van der Waals surface area contributed by atoms with Crippen LogP contribution in [-0.2, 0) is 11.3 Å². The Hall–Kier alpha value is -1.39. The number of nitrogens with zero attached hydrogens (tertiary/aromatic N) is 2. The van der Waals surface area contributed by atoms with Crippen LogP contribution in [0, 0.1) is 6.92 Å². The van der Waals surface area contributed by atoms with Gasteiger partial charge in [-0.2, -0.15) is 0 Å². The number of amides is 1. The van der Waals surface area contributed by atoms with E-state index in [1.54, 1.807) is 0 Å². The molecule has 4 nitrogen and oxygen atoms in total. The normalized spacial score (nSPS) is 16.6. The minimum Gasteiger partial charge on any atom is -0.339 e. The topological polar surface area (TPSA) is 35.6 Å². The summed E-state index contributed by atoms with van der Waals surface area (Å²) in [6.07, 6.45) is 0.